The molecule has 1 aliphatic rings. The van der Waals surface area contributed by atoms with E-state index in [-0.39, 0.29) is 17.6 Å². The molecule has 4 rings (SSSR count). The van der Waals surface area contributed by atoms with Crippen molar-refractivity contribution < 1.29 is 9.21 Å². The van der Waals surface area contributed by atoms with Crippen molar-refractivity contribution in [2.75, 3.05) is 31.1 Å². The van der Waals surface area contributed by atoms with E-state index in [1.807, 2.05) is 13.0 Å². The summed E-state index contributed by atoms with van der Waals surface area (Å²) in [5, 5.41) is 2.85. The molecule has 0 bridgehead atoms. The Kier molecular flexibility index (Phi) is 5.29. The third-order valence-corrected chi connectivity index (χ3v) is 4.63. The third-order valence-electron chi connectivity index (χ3n) is 4.63. The molecule has 10 heteroatoms. The van der Waals surface area contributed by atoms with E-state index in [0.717, 1.165) is 32.1 Å². The fourth-order valence-electron chi connectivity index (χ4n) is 3.09. The number of H-pyrrole nitrogens is 1. The molecule has 0 radical (unpaired) electrons. The molecule has 10 nitrogen and oxygen atoms in total. The van der Waals surface area contributed by atoms with Crippen LogP contribution in [0.1, 0.15) is 35.2 Å². The molecular weight excluding hydrogens is 360 g/mol. The van der Waals surface area contributed by atoms with Crippen LogP contribution < -0.4 is 10.2 Å². The highest BCUT2D eigenvalue weighted by Crippen LogP contribution is 2.13. The van der Waals surface area contributed by atoms with Gasteiger partial charge in [-0.3, -0.25) is 9.69 Å². The molecule has 1 fully saturated rings. The van der Waals surface area contributed by atoms with Crippen molar-refractivity contribution in [3.05, 3.63) is 54.5 Å². The lowest BCUT2D eigenvalue weighted by Gasteiger charge is -2.33. The van der Waals surface area contributed by atoms with Crippen LogP contribution in [0.25, 0.3) is 0 Å². The molecule has 4 heterocycles. The van der Waals surface area contributed by atoms with Crippen molar-refractivity contribution >= 4 is 11.9 Å². The molecule has 0 spiro atoms. The average molecular weight is 382 g/mol. The number of aromatic nitrogens is 5. The summed E-state index contributed by atoms with van der Waals surface area (Å²) in [5.41, 5.74) is 0.268. The average Bonchev–Trinajstić information content (AvgIpc) is 3.42. The zero-order valence-electron chi connectivity index (χ0n) is 15.6. The van der Waals surface area contributed by atoms with E-state index in [9.17, 15) is 4.79 Å². The number of nitrogens with zero attached hydrogens (tertiary/aromatic N) is 6. The van der Waals surface area contributed by atoms with Gasteiger partial charge in [-0.25, -0.2) is 19.9 Å². The number of hydrogen-bond acceptors (Lipinski definition) is 8. The molecule has 1 amide bonds. The van der Waals surface area contributed by atoms with Crippen LogP contribution in [-0.2, 0) is 6.54 Å². The minimum atomic E-state index is -0.287. The lowest BCUT2D eigenvalue weighted by Crippen LogP contribution is -2.46. The summed E-state index contributed by atoms with van der Waals surface area (Å²) in [6.45, 7) is 5.77. The van der Waals surface area contributed by atoms with Gasteiger partial charge < -0.3 is 19.6 Å². The standard InChI is InChI=1S/C18H22N8O2/c1-13(16-19-5-6-20-16)23-17(27)14-12-28-15(24-14)11-25-7-9-26(10-8-25)18-21-3-2-4-22-18/h2-6,12-13H,7-11H2,1H3,(H,19,20)(H,23,27)/t13-/m0/s1. The Labute approximate surface area is 162 Å². The topological polar surface area (TPSA) is 116 Å². The van der Waals surface area contributed by atoms with Gasteiger partial charge in [0, 0.05) is 51.0 Å². The number of anilines is 1. The molecule has 3 aromatic heterocycles. The fraction of sp³-hybridized carbons (Fsp3) is 0.389. The fourth-order valence-corrected chi connectivity index (χ4v) is 3.09. The summed E-state index contributed by atoms with van der Waals surface area (Å²) in [6, 6.07) is 1.57. The molecule has 28 heavy (non-hydrogen) atoms. The molecule has 0 aromatic carbocycles. The Hall–Kier alpha value is -3.27. The number of rotatable bonds is 6. The first-order valence-corrected chi connectivity index (χ1v) is 9.18. The second-order valence-electron chi connectivity index (χ2n) is 6.61. The minimum absolute atomic E-state index is 0.240. The first kappa shape index (κ1) is 18.1. The summed E-state index contributed by atoms with van der Waals surface area (Å²) in [6.07, 6.45) is 8.26. The van der Waals surface area contributed by atoms with E-state index < -0.39 is 0 Å². The van der Waals surface area contributed by atoms with Crippen LogP contribution in [0.2, 0.25) is 0 Å². The normalized spacial score (nSPS) is 16.1. The molecule has 2 N–H and O–H groups in total. The molecule has 3 aromatic rings. The predicted octanol–water partition coefficient (Wildman–Crippen LogP) is 1.00. The summed E-state index contributed by atoms with van der Waals surface area (Å²) in [7, 11) is 0. The van der Waals surface area contributed by atoms with Crippen molar-refractivity contribution in [2.24, 2.45) is 0 Å². The van der Waals surface area contributed by atoms with Gasteiger partial charge >= 0.3 is 0 Å². The molecule has 1 aliphatic heterocycles. The molecule has 0 aliphatic carbocycles. The highest BCUT2D eigenvalue weighted by atomic mass is 16.3. The van der Waals surface area contributed by atoms with Crippen LogP contribution in [0.4, 0.5) is 5.95 Å². The first-order valence-electron chi connectivity index (χ1n) is 9.18. The number of hydrogen-bond donors (Lipinski definition) is 2. The summed E-state index contributed by atoms with van der Waals surface area (Å²) >= 11 is 0. The Morgan fingerprint density at radius 2 is 2.00 bits per heavy atom. The van der Waals surface area contributed by atoms with Crippen LogP contribution >= 0.6 is 0 Å². The van der Waals surface area contributed by atoms with Crippen molar-refractivity contribution in [1.29, 1.82) is 0 Å². The summed E-state index contributed by atoms with van der Waals surface area (Å²) in [5.74, 6) is 1.69. The van der Waals surface area contributed by atoms with Gasteiger partial charge in [0.15, 0.2) is 5.69 Å². The number of piperazine rings is 1. The van der Waals surface area contributed by atoms with Gasteiger partial charge in [0.25, 0.3) is 5.91 Å². The summed E-state index contributed by atoms with van der Waals surface area (Å²) < 4.78 is 5.50. The largest absolute Gasteiger partial charge is 0.447 e. The van der Waals surface area contributed by atoms with Crippen molar-refractivity contribution in [1.82, 2.24) is 35.1 Å². The van der Waals surface area contributed by atoms with Crippen LogP contribution in [0, 0.1) is 0 Å². The Bertz CT molecular complexity index is 887. The van der Waals surface area contributed by atoms with Crippen molar-refractivity contribution in [3.8, 4) is 0 Å². The highest BCUT2D eigenvalue weighted by Gasteiger charge is 2.21. The van der Waals surface area contributed by atoms with Crippen LogP contribution in [0.15, 0.2) is 41.5 Å². The molecule has 146 valence electrons. The Morgan fingerprint density at radius 1 is 1.21 bits per heavy atom. The number of amides is 1. The smallest absolute Gasteiger partial charge is 0.273 e. The maximum Gasteiger partial charge on any atom is 0.273 e. The van der Waals surface area contributed by atoms with Crippen molar-refractivity contribution in [3.63, 3.8) is 0 Å². The van der Waals surface area contributed by atoms with Crippen LogP contribution in [0.5, 0.6) is 0 Å². The lowest BCUT2D eigenvalue weighted by atomic mass is 10.3. The molecule has 0 saturated carbocycles. The first-order chi connectivity index (χ1) is 13.7. The monoisotopic (exact) mass is 382 g/mol. The van der Waals surface area contributed by atoms with Gasteiger partial charge in [-0.2, -0.15) is 0 Å². The van der Waals surface area contributed by atoms with Gasteiger partial charge in [0.1, 0.15) is 12.1 Å². The maximum atomic E-state index is 12.3. The van der Waals surface area contributed by atoms with Crippen LogP contribution in [0.3, 0.4) is 0 Å². The van der Waals surface area contributed by atoms with Crippen LogP contribution in [-0.4, -0.2) is 61.9 Å². The quantitative estimate of drug-likeness (QED) is 0.649. The molecule has 0 unspecified atom stereocenters. The molecular formula is C18H22N8O2. The number of carbonyl (C=O) groups is 1. The van der Waals surface area contributed by atoms with Gasteiger partial charge in [-0.05, 0) is 13.0 Å². The van der Waals surface area contributed by atoms with Gasteiger partial charge in [-0.15, -0.1) is 0 Å². The zero-order chi connectivity index (χ0) is 19.3. The van der Waals surface area contributed by atoms with E-state index in [2.05, 4.69) is 40.0 Å². The van der Waals surface area contributed by atoms with Crippen molar-refractivity contribution in [2.45, 2.75) is 19.5 Å². The van der Waals surface area contributed by atoms with E-state index >= 15 is 0 Å². The third kappa shape index (κ3) is 4.17. The van der Waals surface area contributed by atoms with E-state index in [1.54, 1.807) is 24.8 Å². The number of imidazole rings is 1. The Balaban J connectivity index is 1.29. The van der Waals surface area contributed by atoms with E-state index in [0.29, 0.717) is 18.3 Å². The summed E-state index contributed by atoms with van der Waals surface area (Å²) in [4.78, 5) is 36.8. The number of oxazole rings is 1. The second-order valence-corrected chi connectivity index (χ2v) is 6.61. The minimum Gasteiger partial charge on any atom is -0.447 e. The number of carbonyl (C=O) groups excluding carboxylic acids is 1. The molecule has 1 saturated heterocycles. The van der Waals surface area contributed by atoms with E-state index in [4.69, 9.17) is 4.42 Å². The van der Waals surface area contributed by atoms with Gasteiger partial charge in [-0.1, -0.05) is 0 Å². The lowest BCUT2D eigenvalue weighted by molar-refractivity contribution is 0.0933. The highest BCUT2D eigenvalue weighted by molar-refractivity contribution is 5.92. The SMILES string of the molecule is C[C@H](NC(=O)c1coc(CN2CCN(c3ncccn3)CC2)n1)c1ncc[nH]1. The predicted molar refractivity (Wildman–Crippen MR) is 100 cm³/mol. The van der Waals surface area contributed by atoms with Gasteiger partial charge in [0.2, 0.25) is 11.8 Å². The number of aromatic amines is 1. The number of nitrogens with one attached hydrogen (secondary N) is 2. The molecule has 1 atom stereocenters. The van der Waals surface area contributed by atoms with E-state index in [1.165, 1.54) is 6.26 Å². The van der Waals surface area contributed by atoms with Gasteiger partial charge in [0.05, 0.1) is 12.6 Å². The zero-order valence-corrected chi connectivity index (χ0v) is 15.6. The maximum absolute atomic E-state index is 12.3. The second kappa shape index (κ2) is 8.17. The Morgan fingerprint density at radius 3 is 2.71 bits per heavy atom.